The van der Waals surface area contributed by atoms with Crippen molar-refractivity contribution in [3.63, 3.8) is 0 Å². The molecule has 1 aliphatic rings. The maximum absolute atomic E-state index is 13.8. The maximum Gasteiger partial charge on any atom is 0.331 e. The number of Topliss-reactive ketones (excluding diaryl/α,β-unsaturated/α-hetero) is 1. The molecule has 4 rings (SSSR count). The van der Waals surface area contributed by atoms with Crippen molar-refractivity contribution in [1.82, 2.24) is 29.7 Å². The third kappa shape index (κ3) is 8.89. The van der Waals surface area contributed by atoms with Crippen LogP contribution in [0.4, 0.5) is 0 Å². The van der Waals surface area contributed by atoms with Crippen molar-refractivity contribution < 1.29 is 33.1 Å². The molecule has 0 saturated carbocycles. The third-order valence-corrected chi connectivity index (χ3v) is 8.00. The van der Waals surface area contributed by atoms with Crippen LogP contribution in [0.1, 0.15) is 72.0 Å². The van der Waals surface area contributed by atoms with Crippen LogP contribution >= 0.6 is 0 Å². The largest absolute Gasteiger partial charge is 0.459 e. The van der Waals surface area contributed by atoms with Gasteiger partial charge in [-0.3, -0.25) is 33.3 Å². The number of fused-ring (bicyclic) bond motifs is 1. The lowest BCUT2D eigenvalue weighted by Gasteiger charge is -2.31. The Hall–Kier alpha value is -5.08. The van der Waals surface area contributed by atoms with E-state index in [4.69, 9.17) is 9.15 Å². The van der Waals surface area contributed by atoms with Gasteiger partial charge in [0.25, 0.3) is 11.4 Å². The average molecular weight is 681 g/mol. The molecule has 2 N–H and O–H groups in total. The molecule has 2 aromatic heterocycles. The van der Waals surface area contributed by atoms with Gasteiger partial charge in [-0.05, 0) is 57.6 Å². The second-order valence-electron chi connectivity index (χ2n) is 13.8. The summed E-state index contributed by atoms with van der Waals surface area (Å²) in [6.45, 7) is 11.1. The van der Waals surface area contributed by atoms with E-state index in [0.29, 0.717) is 28.5 Å². The first-order chi connectivity index (χ1) is 23.0. The fourth-order valence-electron chi connectivity index (χ4n) is 5.59. The average Bonchev–Trinajstić information content (AvgIpc) is 3.68. The second kappa shape index (κ2) is 15.0. The third-order valence-electron chi connectivity index (χ3n) is 8.00. The Kier molecular flexibility index (Phi) is 11.2. The Bertz CT molecular complexity index is 1820. The standard InChI is InChI=1S/C34H44N6O9/c1-19(2)27(29(44)31-35-21-11-8-9-13-23(21)48-31)37-30(45)22-12-10-15-39(22)32(46)28(20(3)4)36-24(41)17-38-16-14-25(42)40(33(38)47)18-26(43)49-34(5,6)7/h8-9,11,13-14,16,19-20,22,27-28H,10,12,15,17-18H2,1-7H3,(H,36,41)(H,37,45)/t22-,27-,28-/m0/s1. The molecule has 264 valence electrons. The number of carbonyl (C=O) groups excluding carboxylic acids is 5. The van der Waals surface area contributed by atoms with E-state index in [1.165, 1.54) is 4.90 Å². The summed E-state index contributed by atoms with van der Waals surface area (Å²) in [7, 11) is 0. The van der Waals surface area contributed by atoms with Crippen LogP contribution in [0.3, 0.4) is 0 Å². The van der Waals surface area contributed by atoms with Gasteiger partial charge in [-0.15, -0.1) is 0 Å². The molecule has 15 nitrogen and oxygen atoms in total. The molecule has 49 heavy (non-hydrogen) atoms. The Morgan fingerprint density at radius 2 is 1.63 bits per heavy atom. The molecule has 0 unspecified atom stereocenters. The summed E-state index contributed by atoms with van der Waals surface area (Å²) in [4.78, 5) is 97.3. The van der Waals surface area contributed by atoms with Crippen molar-refractivity contribution in [1.29, 1.82) is 0 Å². The quantitative estimate of drug-likeness (QED) is 0.210. The Morgan fingerprint density at radius 1 is 0.959 bits per heavy atom. The van der Waals surface area contributed by atoms with Gasteiger partial charge >= 0.3 is 11.7 Å². The molecule has 0 bridgehead atoms. The number of oxazole rings is 1. The van der Waals surface area contributed by atoms with Gasteiger partial charge < -0.3 is 24.7 Å². The molecule has 3 heterocycles. The Balaban J connectivity index is 1.45. The molecule has 1 aromatic carbocycles. The van der Waals surface area contributed by atoms with E-state index in [2.05, 4.69) is 15.6 Å². The van der Waals surface area contributed by atoms with Crippen molar-refractivity contribution in [2.45, 2.75) is 98.1 Å². The van der Waals surface area contributed by atoms with Crippen LogP contribution in [-0.2, 0) is 37.0 Å². The lowest BCUT2D eigenvalue weighted by atomic mass is 9.98. The number of rotatable bonds is 12. The number of aromatic nitrogens is 3. The number of ether oxygens (including phenoxy) is 1. The molecular weight excluding hydrogens is 636 g/mol. The van der Waals surface area contributed by atoms with Crippen LogP contribution in [0.5, 0.6) is 0 Å². The van der Waals surface area contributed by atoms with Gasteiger partial charge in [0.2, 0.25) is 23.5 Å². The molecular formula is C34H44N6O9. The van der Waals surface area contributed by atoms with Crippen LogP contribution in [-0.4, -0.2) is 78.8 Å². The number of para-hydroxylation sites is 2. The monoisotopic (exact) mass is 680 g/mol. The lowest BCUT2D eigenvalue weighted by Crippen LogP contribution is -2.57. The predicted octanol–water partition coefficient (Wildman–Crippen LogP) is 1.65. The van der Waals surface area contributed by atoms with Crippen molar-refractivity contribution >= 4 is 40.6 Å². The van der Waals surface area contributed by atoms with Crippen molar-refractivity contribution in [3.05, 3.63) is 63.3 Å². The molecule has 3 atom stereocenters. The van der Waals surface area contributed by atoms with Crippen molar-refractivity contribution in [2.24, 2.45) is 11.8 Å². The molecule has 1 aliphatic heterocycles. The van der Waals surface area contributed by atoms with Crippen molar-refractivity contribution in [3.8, 4) is 0 Å². The van der Waals surface area contributed by atoms with Crippen LogP contribution in [0, 0.1) is 11.8 Å². The van der Waals surface area contributed by atoms with E-state index in [1.54, 1.807) is 72.7 Å². The highest BCUT2D eigenvalue weighted by molar-refractivity contribution is 6.01. The minimum absolute atomic E-state index is 0.124. The minimum atomic E-state index is -1.05. The number of hydrogen-bond donors (Lipinski definition) is 2. The summed E-state index contributed by atoms with van der Waals surface area (Å²) in [6.07, 6.45) is 2.02. The van der Waals surface area contributed by atoms with Crippen LogP contribution < -0.4 is 21.9 Å². The van der Waals surface area contributed by atoms with Gasteiger partial charge in [-0.25, -0.2) is 14.3 Å². The normalized spacial score (nSPS) is 16.1. The molecule has 1 saturated heterocycles. The number of hydrogen-bond acceptors (Lipinski definition) is 10. The van der Waals surface area contributed by atoms with E-state index in [0.717, 1.165) is 16.8 Å². The molecule has 0 spiro atoms. The van der Waals surface area contributed by atoms with Gasteiger partial charge in [-0.2, -0.15) is 0 Å². The number of carbonyl (C=O) groups is 5. The zero-order chi connectivity index (χ0) is 36.2. The summed E-state index contributed by atoms with van der Waals surface area (Å²) >= 11 is 0. The zero-order valence-electron chi connectivity index (χ0n) is 28.8. The summed E-state index contributed by atoms with van der Waals surface area (Å²) in [5, 5.41) is 5.47. The molecule has 3 aromatic rings. The van der Waals surface area contributed by atoms with E-state index < -0.39 is 83.5 Å². The van der Waals surface area contributed by atoms with Gasteiger partial charge in [0.15, 0.2) is 5.58 Å². The number of likely N-dealkylation sites (tertiary alicyclic amines) is 1. The fraction of sp³-hybridized carbons (Fsp3) is 0.529. The van der Waals surface area contributed by atoms with Crippen LogP contribution in [0.15, 0.2) is 50.5 Å². The van der Waals surface area contributed by atoms with E-state index in [9.17, 15) is 33.6 Å². The fourth-order valence-corrected chi connectivity index (χ4v) is 5.59. The highest BCUT2D eigenvalue weighted by Crippen LogP contribution is 2.22. The predicted molar refractivity (Wildman–Crippen MR) is 177 cm³/mol. The van der Waals surface area contributed by atoms with E-state index in [-0.39, 0.29) is 18.4 Å². The maximum atomic E-state index is 13.8. The molecule has 3 amide bonds. The highest BCUT2D eigenvalue weighted by atomic mass is 16.6. The summed E-state index contributed by atoms with van der Waals surface area (Å²) in [6, 6.07) is 5.10. The Morgan fingerprint density at radius 3 is 2.27 bits per heavy atom. The molecule has 0 aliphatic carbocycles. The number of amides is 3. The topological polar surface area (TPSA) is 192 Å². The first kappa shape index (κ1) is 36.8. The Labute approximate surface area is 283 Å². The van der Waals surface area contributed by atoms with Gasteiger partial charge in [0.05, 0.1) is 6.04 Å². The molecule has 15 heteroatoms. The molecule has 0 radical (unpaired) electrons. The summed E-state index contributed by atoms with van der Waals surface area (Å²) in [5.41, 5.74) is -1.51. The number of benzene rings is 1. The lowest BCUT2D eigenvalue weighted by molar-refractivity contribution is -0.155. The minimum Gasteiger partial charge on any atom is -0.459 e. The number of nitrogens with one attached hydrogen (secondary N) is 2. The van der Waals surface area contributed by atoms with Gasteiger partial charge in [0, 0.05) is 18.8 Å². The van der Waals surface area contributed by atoms with Crippen molar-refractivity contribution in [2.75, 3.05) is 6.54 Å². The smallest absolute Gasteiger partial charge is 0.331 e. The number of esters is 1. The summed E-state index contributed by atoms with van der Waals surface area (Å²) < 4.78 is 12.5. The van der Waals surface area contributed by atoms with Crippen LogP contribution in [0.25, 0.3) is 11.1 Å². The number of nitrogens with zero attached hydrogens (tertiary/aromatic N) is 4. The second-order valence-corrected chi connectivity index (χ2v) is 13.8. The molecule has 1 fully saturated rings. The zero-order valence-corrected chi connectivity index (χ0v) is 28.8. The first-order valence-corrected chi connectivity index (χ1v) is 16.3. The first-order valence-electron chi connectivity index (χ1n) is 16.3. The highest BCUT2D eigenvalue weighted by Gasteiger charge is 2.40. The SMILES string of the molecule is CC(C)[C@H](NC(=O)[C@@H]1CCCN1C(=O)[C@@H](NC(=O)Cn1ccc(=O)n(CC(=O)OC(C)(C)C)c1=O)C(C)C)C(=O)c1nc2ccccc2o1. The van der Waals surface area contributed by atoms with E-state index >= 15 is 0 Å². The van der Waals surface area contributed by atoms with Gasteiger partial charge in [-0.1, -0.05) is 39.8 Å². The van der Waals surface area contributed by atoms with Gasteiger partial charge in [0.1, 0.15) is 36.3 Å². The van der Waals surface area contributed by atoms with Crippen LogP contribution in [0.2, 0.25) is 0 Å². The number of ketones is 1. The summed E-state index contributed by atoms with van der Waals surface area (Å²) in [5.74, 6) is -3.82. The van der Waals surface area contributed by atoms with E-state index in [1.807, 2.05) is 0 Å².